The molecule has 3 heterocycles. The number of aromatic nitrogens is 1. The molecule has 0 atom stereocenters. The standard InChI is InChI=1S/C15H22N4O2/c20-19(21)14-1-2-15(17-11-14)18-9-5-13(6-10-18)12-3-7-16-8-4-12/h1-2,11-13,16H,3-10H2. The van der Waals surface area contributed by atoms with Gasteiger partial charge in [0, 0.05) is 19.2 Å². The van der Waals surface area contributed by atoms with Crippen LogP contribution < -0.4 is 10.2 Å². The summed E-state index contributed by atoms with van der Waals surface area (Å²) < 4.78 is 0. The highest BCUT2D eigenvalue weighted by Gasteiger charge is 2.28. The van der Waals surface area contributed by atoms with Gasteiger partial charge in [0.05, 0.1) is 4.92 Å². The Morgan fingerprint density at radius 1 is 1.14 bits per heavy atom. The molecule has 2 aliphatic heterocycles. The van der Waals surface area contributed by atoms with E-state index >= 15 is 0 Å². The van der Waals surface area contributed by atoms with Crippen molar-refractivity contribution in [2.75, 3.05) is 31.1 Å². The molecule has 1 aromatic heterocycles. The van der Waals surface area contributed by atoms with Crippen LogP contribution in [0.5, 0.6) is 0 Å². The van der Waals surface area contributed by atoms with Gasteiger partial charge in [-0.1, -0.05) is 0 Å². The molecule has 0 unspecified atom stereocenters. The van der Waals surface area contributed by atoms with Gasteiger partial charge in [-0.25, -0.2) is 4.98 Å². The average Bonchev–Trinajstić information content (AvgIpc) is 2.56. The van der Waals surface area contributed by atoms with Gasteiger partial charge < -0.3 is 10.2 Å². The fraction of sp³-hybridized carbons (Fsp3) is 0.667. The number of anilines is 1. The molecule has 0 amide bonds. The lowest BCUT2D eigenvalue weighted by molar-refractivity contribution is -0.385. The number of pyridine rings is 1. The summed E-state index contributed by atoms with van der Waals surface area (Å²) in [5.74, 6) is 2.57. The van der Waals surface area contributed by atoms with Crippen LogP contribution in [0.25, 0.3) is 0 Å². The zero-order chi connectivity index (χ0) is 14.7. The molecule has 6 nitrogen and oxygen atoms in total. The third kappa shape index (κ3) is 3.32. The van der Waals surface area contributed by atoms with Gasteiger partial charge >= 0.3 is 0 Å². The first-order chi connectivity index (χ1) is 10.2. The Labute approximate surface area is 124 Å². The molecule has 2 aliphatic rings. The van der Waals surface area contributed by atoms with Crippen LogP contribution in [0.2, 0.25) is 0 Å². The maximum absolute atomic E-state index is 10.7. The Hall–Kier alpha value is -1.69. The molecule has 6 heteroatoms. The smallest absolute Gasteiger partial charge is 0.287 e. The van der Waals surface area contributed by atoms with Gasteiger partial charge in [-0.05, 0) is 56.7 Å². The molecule has 0 spiro atoms. The van der Waals surface area contributed by atoms with Gasteiger partial charge in [0.2, 0.25) is 0 Å². The molecule has 2 fully saturated rings. The van der Waals surface area contributed by atoms with Crippen molar-refractivity contribution in [3.63, 3.8) is 0 Å². The van der Waals surface area contributed by atoms with E-state index in [-0.39, 0.29) is 5.69 Å². The number of nitrogens with zero attached hydrogens (tertiary/aromatic N) is 3. The number of piperidine rings is 2. The summed E-state index contributed by atoms with van der Waals surface area (Å²) in [4.78, 5) is 16.7. The van der Waals surface area contributed by atoms with Crippen LogP contribution in [0.15, 0.2) is 18.3 Å². The predicted octanol–water partition coefficient (Wildman–Crippen LogP) is 2.21. The van der Waals surface area contributed by atoms with Crippen molar-refractivity contribution in [3.8, 4) is 0 Å². The summed E-state index contributed by atoms with van der Waals surface area (Å²) >= 11 is 0. The van der Waals surface area contributed by atoms with Crippen LogP contribution in [-0.4, -0.2) is 36.1 Å². The quantitative estimate of drug-likeness (QED) is 0.682. The first-order valence-corrected chi connectivity index (χ1v) is 7.80. The Bertz CT molecular complexity index is 477. The number of nitrogens with one attached hydrogen (secondary N) is 1. The van der Waals surface area contributed by atoms with Crippen LogP contribution in [0.3, 0.4) is 0 Å². The van der Waals surface area contributed by atoms with Crippen molar-refractivity contribution >= 4 is 11.5 Å². The molecule has 0 radical (unpaired) electrons. The van der Waals surface area contributed by atoms with E-state index < -0.39 is 4.92 Å². The van der Waals surface area contributed by atoms with Crippen molar-refractivity contribution in [3.05, 3.63) is 28.4 Å². The molecule has 0 bridgehead atoms. The summed E-state index contributed by atoms with van der Waals surface area (Å²) in [7, 11) is 0. The monoisotopic (exact) mass is 290 g/mol. The number of rotatable bonds is 3. The second-order valence-corrected chi connectivity index (χ2v) is 6.04. The number of hydrogen-bond acceptors (Lipinski definition) is 5. The van der Waals surface area contributed by atoms with Crippen molar-refractivity contribution in [2.24, 2.45) is 11.8 Å². The van der Waals surface area contributed by atoms with Crippen molar-refractivity contribution < 1.29 is 4.92 Å². The maximum atomic E-state index is 10.7. The second-order valence-electron chi connectivity index (χ2n) is 6.04. The molecular weight excluding hydrogens is 268 g/mol. The first-order valence-electron chi connectivity index (χ1n) is 7.80. The zero-order valence-electron chi connectivity index (χ0n) is 12.2. The topological polar surface area (TPSA) is 71.3 Å². The summed E-state index contributed by atoms with van der Waals surface area (Å²) in [6, 6.07) is 3.31. The molecule has 21 heavy (non-hydrogen) atoms. The summed E-state index contributed by atoms with van der Waals surface area (Å²) in [6.07, 6.45) is 6.39. The average molecular weight is 290 g/mol. The Morgan fingerprint density at radius 3 is 2.38 bits per heavy atom. The number of nitro groups is 1. The zero-order valence-corrected chi connectivity index (χ0v) is 12.2. The van der Waals surface area contributed by atoms with E-state index in [0.29, 0.717) is 0 Å². The minimum Gasteiger partial charge on any atom is -0.357 e. The fourth-order valence-corrected chi connectivity index (χ4v) is 3.59. The third-order valence-corrected chi connectivity index (χ3v) is 4.86. The lowest BCUT2D eigenvalue weighted by atomic mass is 9.79. The normalized spacial score (nSPS) is 21.4. The third-order valence-electron chi connectivity index (χ3n) is 4.86. The first kappa shape index (κ1) is 14.3. The highest BCUT2D eigenvalue weighted by atomic mass is 16.6. The van der Waals surface area contributed by atoms with E-state index in [9.17, 15) is 10.1 Å². The minimum atomic E-state index is -0.403. The van der Waals surface area contributed by atoms with Crippen LogP contribution in [-0.2, 0) is 0 Å². The SMILES string of the molecule is O=[N+]([O-])c1ccc(N2CCC(C3CCNCC3)CC2)nc1. The van der Waals surface area contributed by atoms with Gasteiger partial charge in [0.25, 0.3) is 5.69 Å². The molecule has 1 aromatic rings. The van der Waals surface area contributed by atoms with E-state index in [1.807, 2.05) is 0 Å². The summed E-state index contributed by atoms with van der Waals surface area (Å²) in [6.45, 7) is 4.35. The molecule has 114 valence electrons. The van der Waals surface area contributed by atoms with Crippen LogP contribution in [0.1, 0.15) is 25.7 Å². The lowest BCUT2D eigenvalue weighted by Crippen LogP contribution is -2.39. The van der Waals surface area contributed by atoms with Gasteiger partial charge in [-0.2, -0.15) is 0 Å². The van der Waals surface area contributed by atoms with Gasteiger partial charge in [-0.15, -0.1) is 0 Å². The second kappa shape index (κ2) is 6.39. The van der Waals surface area contributed by atoms with Crippen molar-refractivity contribution in [1.82, 2.24) is 10.3 Å². The van der Waals surface area contributed by atoms with Gasteiger partial charge in [0.15, 0.2) is 0 Å². The Morgan fingerprint density at radius 2 is 1.81 bits per heavy atom. The summed E-state index contributed by atoms with van der Waals surface area (Å²) in [5, 5.41) is 14.1. The van der Waals surface area contributed by atoms with E-state index in [0.717, 1.165) is 43.8 Å². The Balaban J connectivity index is 1.56. The molecular formula is C15H22N4O2. The molecule has 0 saturated carbocycles. The number of hydrogen-bond donors (Lipinski definition) is 1. The highest BCUT2D eigenvalue weighted by Crippen LogP contribution is 2.32. The largest absolute Gasteiger partial charge is 0.357 e. The van der Waals surface area contributed by atoms with E-state index in [1.54, 1.807) is 12.1 Å². The van der Waals surface area contributed by atoms with Gasteiger partial charge in [0.1, 0.15) is 12.0 Å². The molecule has 0 aliphatic carbocycles. The maximum Gasteiger partial charge on any atom is 0.287 e. The molecule has 0 aromatic carbocycles. The van der Waals surface area contributed by atoms with E-state index in [2.05, 4.69) is 15.2 Å². The molecule has 2 saturated heterocycles. The lowest BCUT2D eigenvalue weighted by Gasteiger charge is -2.38. The minimum absolute atomic E-state index is 0.0586. The predicted molar refractivity (Wildman–Crippen MR) is 81.4 cm³/mol. The molecule has 3 rings (SSSR count). The summed E-state index contributed by atoms with van der Waals surface area (Å²) in [5.41, 5.74) is 0.0586. The fourth-order valence-electron chi connectivity index (χ4n) is 3.59. The van der Waals surface area contributed by atoms with Gasteiger partial charge in [-0.3, -0.25) is 10.1 Å². The van der Waals surface area contributed by atoms with Crippen LogP contribution in [0.4, 0.5) is 11.5 Å². The Kier molecular flexibility index (Phi) is 4.34. The van der Waals surface area contributed by atoms with Crippen molar-refractivity contribution in [2.45, 2.75) is 25.7 Å². The van der Waals surface area contributed by atoms with E-state index in [1.165, 1.54) is 31.9 Å². The van der Waals surface area contributed by atoms with Crippen LogP contribution in [0, 0.1) is 22.0 Å². The molecule has 1 N–H and O–H groups in total. The van der Waals surface area contributed by atoms with Crippen LogP contribution >= 0.6 is 0 Å². The van der Waals surface area contributed by atoms with Crippen molar-refractivity contribution in [1.29, 1.82) is 0 Å². The van der Waals surface area contributed by atoms with E-state index in [4.69, 9.17) is 0 Å². The highest BCUT2D eigenvalue weighted by molar-refractivity contribution is 5.43.